The molecule has 0 amide bonds. The third-order valence-corrected chi connectivity index (χ3v) is 3.42. The maximum Gasteiger partial charge on any atom is 0.328 e. The van der Waals surface area contributed by atoms with Crippen molar-refractivity contribution < 1.29 is 19.0 Å². The molecular formula is C16H12BrFO3. The van der Waals surface area contributed by atoms with Gasteiger partial charge in [0.15, 0.2) is 0 Å². The van der Waals surface area contributed by atoms with Crippen LogP contribution in [0, 0.1) is 12.7 Å². The van der Waals surface area contributed by atoms with E-state index in [-0.39, 0.29) is 0 Å². The van der Waals surface area contributed by atoms with Crippen molar-refractivity contribution in [1.29, 1.82) is 0 Å². The zero-order valence-electron chi connectivity index (χ0n) is 11.1. The van der Waals surface area contributed by atoms with Crippen LogP contribution < -0.4 is 4.74 Å². The monoisotopic (exact) mass is 350 g/mol. The first-order valence-electron chi connectivity index (χ1n) is 6.10. The molecule has 2 aromatic rings. The molecule has 21 heavy (non-hydrogen) atoms. The minimum absolute atomic E-state index is 0.375. The average molecular weight is 351 g/mol. The zero-order chi connectivity index (χ0) is 15.4. The molecule has 2 rings (SSSR count). The number of ether oxygens (including phenoxy) is 1. The van der Waals surface area contributed by atoms with Crippen LogP contribution in [0.4, 0.5) is 4.39 Å². The lowest BCUT2D eigenvalue weighted by atomic mass is 10.1. The van der Waals surface area contributed by atoms with Crippen molar-refractivity contribution in [3.63, 3.8) is 0 Å². The molecular weight excluding hydrogens is 339 g/mol. The smallest absolute Gasteiger partial charge is 0.328 e. The van der Waals surface area contributed by atoms with Gasteiger partial charge in [-0.3, -0.25) is 0 Å². The van der Waals surface area contributed by atoms with Gasteiger partial charge in [-0.05, 0) is 64.3 Å². The second-order valence-corrected chi connectivity index (χ2v) is 5.22. The van der Waals surface area contributed by atoms with Gasteiger partial charge in [0.05, 0.1) is 4.47 Å². The van der Waals surface area contributed by atoms with Crippen LogP contribution in [-0.4, -0.2) is 11.1 Å². The molecule has 0 aliphatic rings. The van der Waals surface area contributed by atoms with Gasteiger partial charge in [0.25, 0.3) is 0 Å². The lowest BCUT2D eigenvalue weighted by molar-refractivity contribution is -0.131. The second kappa shape index (κ2) is 6.54. The predicted molar refractivity (Wildman–Crippen MR) is 82.0 cm³/mol. The Hall–Kier alpha value is -2.14. The van der Waals surface area contributed by atoms with Gasteiger partial charge in [-0.15, -0.1) is 0 Å². The zero-order valence-corrected chi connectivity index (χ0v) is 12.7. The molecule has 5 heteroatoms. The van der Waals surface area contributed by atoms with Gasteiger partial charge in [0.2, 0.25) is 0 Å². The fraction of sp³-hybridized carbons (Fsp3) is 0.0625. The minimum Gasteiger partial charge on any atom is -0.478 e. The van der Waals surface area contributed by atoms with E-state index in [1.807, 2.05) is 6.92 Å². The van der Waals surface area contributed by atoms with Crippen LogP contribution in [0.2, 0.25) is 0 Å². The summed E-state index contributed by atoms with van der Waals surface area (Å²) in [5, 5.41) is 8.61. The highest BCUT2D eigenvalue weighted by molar-refractivity contribution is 9.10. The molecule has 0 fully saturated rings. The summed E-state index contributed by atoms with van der Waals surface area (Å²) in [6.45, 7) is 1.84. The average Bonchev–Trinajstić information content (AvgIpc) is 2.42. The van der Waals surface area contributed by atoms with Crippen LogP contribution >= 0.6 is 15.9 Å². The van der Waals surface area contributed by atoms with E-state index in [0.717, 1.165) is 17.2 Å². The van der Waals surface area contributed by atoms with E-state index >= 15 is 0 Å². The lowest BCUT2D eigenvalue weighted by Gasteiger charge is -2.08. The maximum absolute atomic E-state index is 13.4. The summed E-state index contributed by atoms with van der Waals surface area (Å²) in [5.41, 5.74) is 1.65. The van der Waals surface area contributed by atoms with Crippen molar-refractivity contribution in [2.24, 2.45) is 0 Å². The van der Waals surface area contributed by atoms with Gasteiger partial charge in [0, 0.05) is 12.1 Å². The van der Waals surface area contributed by atoms with Gasteiger partial charge in [-0.25, -0.2) is 9.18 Å². The van der Waals surface area contributed by atoms with E-state index in [1.165, 1.54) is 12.1 Å². The molecule has 0 aliphatic heterocycles. The molecule has 0 aliphatic carbocycles. The molecule has 3 nitrogen and oxygen atoms in total. The molecule has 0 saturated carbocycles. The third-order valence-electron chi connectivity index (χ3n) is 2.77. The molecule has 0 saturated heterocycles. The fourth-order valence-corrected chi connectivity index (χ4v) is 1.98. The Kier molecular flexibility index (Phi) is 4.75. The van der Waals surface area contributed by atoms with Crippen molar-refractivity contribution >= 4 is 28.0 Å². The van der Waals surface area contributed by atoms with Crippen LogP contribution in [0.25, 0.3) is 6.08 Å². The summed E-state index contributed by atoms with van der Waals surface area (Å²) in [4.78, 5) is 10.5. The Morgan fingerprint density at radius 1 is 1.24 bits per heavy atom. The number of hydrogen-bond acceptors (Lipinski definition) is 2. The van der Waals surface area contributed by atoms with Crippen molar-refractivity contribution in [3.05, 3.63) is 63.9 Å². The van der Waals surface area contributed by atoms with E-state index in [4.69, 9.17) is 9.84 Å². The third kappa shape index (κ3) is 4.16. The summed E-state index contributed by atoms with van der Waals surface area (Å²) in [6.07, 6.45) is 2.59. The summed E-state index contributed by atoms with van der Waals surface area (Å²) in [5.74, 6) is -0.448. The Labute approximate surface area is 129 Å². The number of aryl methyl sites for hydroxylation is 1. The number of halogens is 2. The van der Waals surface area contributed by atoms with Gasteiger partial charge in [-0.2, -0.15) is 0 Å². The summed E-state index contributed by atoms with van der Waals surface area (Å²) in [7, 11) is 0. The van der Waals surface area contributed by atoms with Gasteiger partial charge >= 0.3 is 5.97 Å². The van der Waals surface area contributed by atoms with Crippen LogP contribution in [0.15, 0.2) is 46.9 Å². The molecule has 0 radical (unpaired) electrons. The topological polar surface area (TPSA) is 46.5 Å². The van der Waals surface area contributed by atoms with Gasteiger partial charge in [0.1, 0.15) is 17.3 Å². The summed E-state index contributed by atoms with van der Waals surface area (Å²) in [6, 6.07) is 9.73. The second-order valence-electron chi connectivity index (χ2n) is 4.37. The highest BCUT2D eigenvalue weighted by Crippen LogP contribution is 2.27. The number of hydrogen-bond donors (Lipinski definition) is 1. The van der Waals surface area contributed by atoms with Crippen LogP contribution in [0.3, 0.4) is 0 Å². The Morgan fingerprint density at radius 3 is 2.52 bits per heavy atom. The lowest BCUT2D eigenvalue weighted by Crippen LogP contribution is -1.90. The highest BCUT2D eigenvalue weighted by atomic mass is 79.9. The quantitative estimate of drug-likeness (QED) is 0.806. The van der Waals surface area contributed by atoms with Gasteiger partial charge in [-0.1, -0.05) is 6.07 Å². The minimum atomic E-state index is -1.000. The SMILES string of the molecule is Cc1cc(Oc2ccc(Br)c(F)c2)ccc1C=CC(=O)O. The van der Waals surface area contributed by atoms with Crippen molar-refractivity contribution in [2.45, 2.75) is 6.92 Å². The van der Waals surface area contributed by atoms with Gasteiger partial charge < -0.3 is 9.84 Å². The highest BCUT2D eigenvalue weighted by Gasteiger charge is 2.04. The molecule has 0 heterocycles. The Balaban J connectivity index is 2.20. The standard InChI is InChI=1S/C16H12BrFO3/c1-10-8-12(4-2-11(10)3-7-16(19)20)21-13-5-6-14(17)15(18)9-13/h2-9H,1H3,(H,19,20). The van der Waals surface area contributed by atoms with Crippen molar-refractivity contribution in [2.75, 3.05) is 0 Å². The number of carboxylic acid groups (broad SMARTS) is 1. The Bertz CT molecular complexity index is 711. The first-order valence-corrected chi connectivity index (χ1v) is 6.89. The number of benzene rings is 2. The van der Waals surface area contributed by atoms with Crippen LogP contribution in [0.1, 0.15) is 11.1 Å². The van der Waals surface area contributed by atoms with Crippen LogP contribution in [0.5, 0.6) is 11.5 Å². The molecule has 0 atom stereocenters. The number of carboxylic acids is 1. The Morgan fingerprint density at radius 2 is 1.90 bits per heavy atom. The van der Waals surface area contributed by atoms with E-state index < -0.39 is 11.8 Å². The molecule has 2 aromatic carbocycles. The number of aliphatic carboxylic acids is 1. The predicted octanol–water partition coefficient (Wildman–Crippen LogP) is 4.79. The maximum atomic E-state index is 13.4. The first kappa shape index (κ1) is 15.3. The number of rotatable bonds is 4. The molecule has 0 bridgehead atoms. The van der Waals surface area contributed by atoms with E-state index in [1.54, 1.807) is 30.3 Å². The molecule has 0 spiro atoms. The largest absolute Gasteiger partial charge is 0.478 e. The summed E-state index contributed by atoms with van der Waals surface area (Å²) < 4.78 is 19.4. The number of carbonyl (C=O) groups is 1. The van der Waals surface area contributed by atoms with E-state index in [0.29, 0.717) is 16.0 Å². The van der Waals surface area contributed by atoms with E-state index in [2.05, 4.69) is 15.9 Å². The fourth-order valence-electron chi connectivity index (χ4n) is 1.74. The van der Waals surface area contributed by atoms with E-state index in [9.17, 15) is 9.18 Å². The first-order chi connectivity index (χ1) is 9.95. The molecule has 108 valence electrons. The molecule has 0 unspecified atom stereocenters. The van der Waals surface area contributed by atoms with Crippen LogP contribution in [-0.2, 0) is 4.79 Å². The van der Waals surface area contributed by atoms with Crippen molar-refractivity contribution in [3.8, 4) is 11.5 Å². The normalized spacial score (nSPS) is 10.8. The summed E-state index contributed by atoms with van der Waals surface area (Å²) >= 11 is 3.08. The van der Waals surface area contributed by atoms with Crippen molar-refractivity contribution in [1.82, 2.24) is 0 Å². The molecule has 1 N–H and O–H groups in total. The molecule has 0 aromatic heterocycles.